The van der Waals surface area contributed by atoms with Gasteiger partial charge in [-0.1, -0.05) is 46.7 Å². The van der Waals surface area contributed by atoms with Gasteiger partial charge in [-0.15, -0.1) is 5.54 Å². The number of fused-ring (bicyclic) bond motifs is 1. The van der Waals surface area contributed by atoms with Gasteiger partial charge in [0.2, 0.25) is 0 Å². The molecule has 0 amide bonds. The third-order valence-corrected chi connectivity index (χ3v) is 11.0. The number of cyclic esters (lactones) is 1. The van der Waals surface area contributed by atoms with Crippen LogP contribution in [0.15, 0.2) is 10.9 Å². The standard InChI is InChI=1S/C19H26INO4Si/c1-7-19(24)14-11-15(20)21(16(22)13(14)12-25-17(19)23)9-8-10-26(5,6)18(2,3)4/h11,24H,7,9,12H2,1-6H3. The predicted molar refractivity (Wildman–Crippen MR) is 112 cm³/mol. The maximum Gasteiger partial charge on any atom is 0.343 e. The molecule has 0 bridgehead atoms. The highest BCUT2D eigenvalue weighted by Gasteiger charge is 2.44. The average molecular weight is 487 g/mol. The molecule has 7 heteroatoms. The zero-order valence-electron chi connectivity index (χ0n) is 16.2. The van der Waals surface area contributed by atoms with E-state index < -0.39 is 19.6 Å². The Morgan fingerprint density at radius 3 is 2.54 bits per heavy atom. The van der Waals surface area contributed by atoms with Gasteiger partial charge in [0.05, 0.1) is 15.8 Å². The van der Waals surface area contributed by atoms with E-state index in [0.29, 0.717) is 14.8 Å². The molecule has 0 aromatic carbocycles. The van der Waals surface area contributed by atoms with Crippen LogP contribution in [0.4, 0.5) is 0 Å². The van der Waals surface area contributed by atoms with E-state index in [1.165, 1.54) is 0 Å². The molecule has 142 valence electrons. The van der Waals surface area contributed by atoms with Gasteiger partial charge in [-0.2, -0.15) is 0 Å². The molecule has 0 spiro atoms. The Morgan fingerprint density at radius 2 is 2.00 bits per heavy atom. The maximum atomic E-state index is 12.9. The fraction of sp³-hybridized carbons (Fsp3) is 0.579. The van der Waals surface area contributed by atoms with Crippen molar-refractivity contribution in [2.24, 2.45) is 0 Å². The van der Waals surface area contributed by atoms with Crippen LogP contribution in [0.2, 0.25) is 18.1 Å². The lowest BCUT2D eigenvalue weighted by Gasteiger charge is -2.32. The van der Waals surface area contributed by atoms with Crippen LogP contribution in [0.25, 0.3) is 0 Å². The summed E-state index contributed by atoms with van der Waals surface area (Å²) in [6.45, 7) is 12.9. The van der Waals surface area contributed by atoms with E-state index >= 15 is 0 Å². The van der Waals surface area contributed by atoms with E-state index in [2.05, 4.69) is 67.9 Å². The summed E-state index contributed by atoms with van der Waals surface area (Å²) in [5, 5.41) is 10.8. The number of rotatable bonds is 2. The first-order valence-corrected chi connectivity index (χ1v) is 12.8. The molecule has 1 aromatic heterocycles. The summed E-state index contributed by atoms with van der Waals surface area (Å²) in [6.07, 6.45) is 0.156. The van der Waals surface area contributed by atoms with Crippen molar-refractivity contribution in [2.45, 2.75) is 71.0 Å². The Balaban J connectivity index is 2.47. The number of nitrogens with zero attached hydrogens (tertiary/aromatic N) is 1. The van der Waals surface area contributed by atoms with E-state index in [0.717, 1.165) is 0 Å². The molecule has 5 nitrogen and oxygen atoms in total. The zero-order valence-corrected chi connectivity index (χ0v) is 19.4. The van der Waals surface area contributed by atoms with Crippen LogP contribution in [0.5, 0.6) is 0 Å². The third-order valence-electron chi connectivity index (χ3n) is 5.51. The largest absolute Gasteiger partial charge is 0.458 e. The number of aliphatic hydroxyl groups is 1. The SMILES string of the molecule is CCC1(O)C(=O)OCc2c1cc(I)n(CC#C[Si](C)(C)C(C)(C)C)c2=O. The van der Waals surface area contributed by atoms with Crippen LogP contribution in [-0.2, 0) is 28.3 Å². The smallest absolute Gasteiger partial charge is 0.343 e. The maximum absolute atomic E-state index is 12.9. The van der Waals surface area contributed by atoms with Crippen molar-refractivity contribution in [3.63, 3.8) is 0 Å². The van der Waals surface area contributed by atoms with E-state index in [-0.39, 0.29) is 30.2 Å². The quantitative estimate of drug-likeness (QED) is 0.229. The number of hydrogen-bond donors (Lipinski definition) is 1. The molecule has 0 radical (unpaired) electrons. The number of carbonyl (C=O) groups is 1. The molecule has 0 saturated carbocycles. The first-order chi connectivity index (χ1) is 11.8. The fourth-order valence-electron chi connectivity index (χ4n) is 2.54. The number of aromatic nitrogens is 1. The molecule has 0 fully saturated rings. The normalized spacial score (nSPS) is 20.1. The Morgan fingerprint density at radius 1 is 1.38 bits per heavy atom. The van der Waals surface area contributed by atoms with Crippen molar-refractivity contribution >= 4 is 36.6 Å². The molecule has 1 aromatic rings. The highest BCUT2D eigenvalue weighted by Crippen LogP contribution is 2.35. The van der Waals surface area contributed by atoms with Gasteiger partial charge in [0.15, 0.2) is 5.60 Å². The molecule has 1 atom stereocenters. The first-order valence-electron chi connectivity index (χ1n) is 8.67. The highest BCUT2D eigenvalue weighted by atomic mass is 127. The second kappa shape index (κ2) is 7.13. The summed E-state index contributed by atoms with van der Waals surface area (Å²) >= 11 is 2.05. The summed E-state index contributed by atoms with van der Waals surface area (Å²) < 4.78 is 7.28. The van der Waals surface area contributed by atoms with Crippen molar-refractivity contribution in [3.8, 4) is 11.5 Å². The molecule has 26 heavy (non-hydrogen) atoms. The van der Waals surface area contributed by atoms with E-state index in [1.807, 2.05) is 0 Å². The van der Waals surface area contributed by atoms with Gasteiger partial charge in [-0.05, 0) is 40.1 Å². The van der Waals surface area contributed by atoms with Crippen molar-refractivity contribution in [2.75, 3.05) is 0 Å². The molecule has 2 heterocycles. The van der Waals surface area contributed by atoms with Crippen molar-refractivity contribution < 1.29 is 14.6 Å². The molecule has 1 aliphatic heterocycles. The highest BCUT2D eigenvalue weighted by molar-refractivity contribution is 14.1. The topological polar surface area (TPSA) is 68.5 Å². The molecular weight excluding hydrogens is 461 g/mol. The molecule has 1 N–H and O–H groups in total. The van der Waals surface area contributed by atoms with Crippen LogP contribution in [-0.4, -0.2) is 23.7 Å². The average Bonchev–Trinajstić information content (AvgIpc) is 2.53. The molecule has 2 rings (SSSR count). The number of halogens is 1. The lowest BCUT2D eigenvalue weighted by molar-refractivity contribution is -0.172. The second-order valence-electron chi connectivity index (χ2n) is 8.22. The van der Waals surface area contributed by atoms with E-state index in [1.54, 1.807) is 17.6 Å². The van der Waals surface area contributed by atoms with Crippen LogP contribution in [0, 0.1) is 15.2 Å². The number of ether oxygens (including phenoxy) is 1. The molecule has 0 saturated heterocycles. The third kappa shape index (κ3) is 3.64. The van der Waals surface area contributed by atoms with Crippen molar-refractivity contribution in [3.05, 3.63) is 31.2 Å². The van der Waals surface area contributed by atoms with Gasteiger partial charge >= 0.3 is 5.97 Å². The van der Waals surface area contributed by atoms with Crippen LogP contribution in [0.1, 0.15) is 45.2 Å². The molecule has 0 aliphatic carbocycles. The Bertz CT molecular complexity index is 857. The van der Waals surface area contributed by atoms with Gasteiger partial charge in [0.25, 0.3) is 5.56 Å². The Hall–Kier alpha value is -1.11. The molecule has 1 unspecified atom stereocenters. The first kappa shape index (κ1) is 21.2. The van der Waals surface area contributed by atoms with E-state index in [4.69, 9.17) is 4.74 Å². The van der Waals surface area contributed by atoms with Gasteiger partial charge < -0.3 is 9.84 Å². The monoisotopic (exact) mass is 487 g/mol. The molecular formula is C19H26INO4Si. The lowest BCUT2D eigenvalue weighted by Crippen LogP contribution is -2.44. The van der Waals surface area contributed by atoms with Gasteiger partial charge in [0, 0.05) is 5.56 Å². The minimum Gasteiger partial charge on any atom is -0.458 e. The number of carbonyl (C=O) groups excluding carboxylic acids is 1. The van der Waals surface area contributed by atoms with Crippen LogP contribution < -0.4 is 5.56 Å². The fourth-order valence-corrected chi connectivity index (χ4v) is 4.14. The van der Waals surface area contributed by atoms with Crippen LogP contribution in [0.3, 0.4) is 0 Å². The van der Waals surface area contributed by atoms with Crippen molar-refractivity contribution in [1.82, 2.24) is 4.57 Å². The van der Waals surface area contributed by atoms with Crippen LogP contribution >= 0.6 is 22.6 Å². The molecule has 1 aliphatic rings. The summed E-state index contributed by atoms with van der Waals surface area (Å²) in [7, 11) is -1.75. The number of hydrogen-bond acceptors (Lipinski definition) is 4. The summed E-state index contributed by atoms with van der Waals surface area (Å²) in [6, 6.07) is 1.70. The predicted octanol–water partition coefficient (Wildman–Crippen LogP) is 3.16. The minimum absolute atomic E-state index is 0.109. The lowest BCUT2D eigenvalue weighted by atomic mass is 9.87. The Kier molecular flexibility index (Phi) is 5.81. The minimum atomic E-state index is -1.75. The summed E-state index contributed by atoms with van der Waals surface area (Å²) in [4.78, 5) is 24.9. The van der Waals surface area contributed by atoms with Gasteiger partial charge in [0.1, 0.15) is 14.7 Å². The summed E-state index contributed by atoms with van der Waals surface area (Å²) in [5.41, 5.74) is 2.10. The second-order valence-corrected chi connectivity index (χ2v) is 14.3. The van der Waals surface area contributed by atoms with Gasteiger partial charge in [-0.25, -0.2) is 4.79 Å². The van der Waals surface area contributed by atoms with E-state index in [9.17, 15) is 14.7 Å². The zero-order chi connectivity index (χ0) is 19.9. The number of esters is 1. The Labute approximate surface area is 169 Å². The van der Waals surface area contributed by atoms with Gasteiger partial charge in [-0.3, -0.25) is 9.36 Å². The summed E-state index contributed by atoms with van der Waals surface area (Å²) in [5.74, 6) is 2.48. The number of pyridine rings is 1. The van der Waals surface area contributed by atoms with Crippen molar-refractivity contribution in [1.29, 1.82) is 0 Å².